The number of ether oxygens (including phenoxy) is 1. The first kappa shape index (κ1) is 22.7. The van der Waals surface area contributed by atoms with E-state index in [-0.39, 0.29) is 18.8 Å². The Morgan fingerprint density at radius 1 is 0.862 bits per heavy atom. The molecule has 4 heteroatoms. The summed E-state index contributed by atoms with van der Waals surface area (Å²) in [6, 6.07) is 18.9. The first-order valence-electron chi connectivity index (χ1n) is 10.1. The number of amides is 1. The van der Waals surface area contributed by atoms with Crippen LogP contribution in [0.2, 0.25) is 0 Å². The van der Waals surface area contributed by atoms with E-state index in [1.165, 1.54) is 0 Å². The summed E-state index contributed by atoms with van der Waals surface area (Å²) in [4.78, 5) is 27.8. The highest BCUT2D eigenvalue weighted by Crippen LogP contribution is 2.34. The van der Waals surface area contributed by atoms with Crippen molar-refractivity contribution in [3.63, 3.8) is 0 Å². The lowest BCUT2D eigenvalue weighted by molar-refractivity contribution is -0.127. The van der Waals surface area contributed by atoms with E-state index in [0.29, 0.717) is 0 Å². The highest BCUT2D eigenvalue weighted by molar-refractivity contribution is 5.85. The highest BCUT2D eigenvalue weighted by Gasteiger charge is 2.38. The molecular formula is C25H33NO3. The standard InChI is InChI=1S/C25H33NO3/c1-24(2,3)22(27)17-21(20-15-11-8-12-16-20)26(25(4,5)6)23(28)29-18-19-13-9-7-10-14-19/h7-16,21H,17-18H2,1-6H3. The minimum absolute atomic E-state index is 0.108. The molecule has 0 aliphatic rings. The van der Waals surface area contributed by atoms with Crippen molar-refractivity contribution in [1.82, 2.24) is 4.90 Å². The normalized spacial score (nSPS) is 12.9. The fourth-order valence-corrected chi connectivity index (χ4v) is 3.17. The van der Waals surface area contributed by atoms with Gasteiger partial charge in [0.15, 0.2) is 0 Å². The van der Waals surface area contributed by atoms with Crippen molar-refractivity contribution in [2.75, 3.05) is 0 Å². The summed E-state index contributed by atoms with van der Waals surface area (Å²) < 4.78 is 5.66. The van der Waals surface area contributed by atoms with Crippen LogP contribution in [0.25, 0.3) is 0 Å². The monoisotopic (exact) mass is 395 g/mol. The molecule has 1 atom stereocenters. The van der Waals surface area contributed by atoms with Crippen LogP contribution in [-0.2, 0) is 16.1 Å². The van der Waals surface area contributed by atoms with Crippen LogP contribution < -0.4 is 0 Å². The molecule has 2 aromatic carbocycles. The largest absolute Gasteiger partial charge is 0.445 e. The molecule has 0 fully saturated rings. The molecule has 0 saturated heterocycles. The third-order valence-electron chi connectivity index (χ3n) is 4.84. The molecule has 0 bridgehead atoms. The molecule has 0 aliphatic heterocycles. The summed E-state index contributed by atoms with van der Waals surface area (Å²) in [6.45, 7) is 11.8. The van der Waals surface area contributed by atoms with Crippen molar-refractivity contribution < 1.29 is 14.3 Å². The zero-order chi connectivity index (χ0) is 21.7. The quantitative estimate of drug-likeness (QED) is 0.587. The number of rotatable bonds is 6. The van der Waals surface area contributed by atoms with Crippen LogP contribution in [0.15, 0.2) is 60.7 Å². The molecule has 0 N–H and O–H groups in total. The fraction of sp³-hybridized carbons (Fsp3) is 0.440. The minimum atomic E-state index is -0.521. The summed E-state index contributed by atoms with van der Waals surface area (Å²) in [5, 5.41) is 0. The molecule has 4 nitrogen and oxygen atoms in total. The number of hydrogen-bond donors (Lipinski definition) is 0. The van der Waals surface area contributed by atoms with Crippen LogP contribution in [0.3, 0.4) is 0 Å². The summed E-state index contributed by atoms with van der Waals surface area (Å²) in [5.41, 5.74) is 0.852. The van der Waals surface area contributed by atoms with Gasteiger partial charge in [0.1, 0.15) is 12.4 Å². The van der Waals surface area contributed by atoms with Gasteiger partial charge in [-0.15, -0.1) is 0 Å². The van der Waals surface area contributed by atoms with Crippen molar-refractivity contribution in [3.8, 4) is 0 Å². The molecule has 0 aliphatic carbocycles. The van der Waals surface area contributed by atoms with E-state index in [1.807, 2.05) is 102 Å². The summed E-state index contributed by atoms with van der Waals surface area (Å²) in [7, 11) is 0. The molecule has 0 spiro atoms. The van der Waals surface area contributed by atoms with Gasteiger partial charge in [-0.3, -0.25) is 9.69 Å². The second kappa shape index (κ2) is 9.25. The first-order chi connectivity index (χ1) is 13.5. The van der Waals surface area contributed by atoms with Gasteiger partial charge in [-0.05, 0) is 31.9 Å². The fourth-order valence-electron chi connectivity index (χ4n) is 3.17. The SMILES string of the molecule is CC(C)(C)C(=O)CC(c1ccccc1)N(C(=O)OCc1ccccc1)C(C)(C)C. The third kappa shape index (κ3) is 6.45. The van der Waals surface area contributed by atoms with Crippen LogP contribution in [-0.4, -0.2) is 22.3 Å². The molecule has 156 valence electrons. The molecule has 0 aromatic heterocycles. The van der Waals surface area contributed by atoms with Gasteiger partial charge in [0.25, 0.3) is 0 Å². The van der Waals surface area contributed by atoms with Gasteiger partial charge in [-0.25, -0.2) is 4.79 Å². The Morgan fingerprint density at radius 3 is 1.86 bits per heavy atom. The Labute approximate surface area is 174 Å². The zero-order valence-corrected chi connectivity index (χ0v) is 18.4. The molecule has 0 radical (unpaired) electrons. The van der Waals surface area contributed by atoms with E-state index >= 15 is 0 Å². The molecule has 1 unspecified atom stereocenters. The number of hydrogen-bond acceptors (Lipinski definition) is 3. The molecule has 29 heavy (non-hydrogen) atoms. The highest BCUT2D eigenvalue weighted by atomic mass is 16.6. The smallest absolute Gasteiger partial charge is 0.411 e. The van der Waals surface area contributed by atoms with Crippen LogP contribution in [0.4, 0.5) is 4.79 Å². The molecule has 0 saturated carbocycles. The number of carbonyl (C=O) groups is 2. The summed E-state index contributed by atoms with van der Waals surface area (Å²) >= 11 is 0. The maximum absolute atomic E-state index is 13.2. The average molecular weight is 396 g/mol. The lowest BCUT2D eigenvalue weighted by Gasteiger charge is -2.41. The second-order valence-electron chi connectivity index (χ2n) is 9.38. The summed E-state index contributed by atoms with van der Waals surface area (Å²) in [6.07, 6.45) is -0.178. The maximum atomic E-state index is 13.2. The lowest BCUT2D eigenvalue weighted by Crippen LogP contribution is -2.49. The van der Waals surface area contributed by atoms with Crippen LogP contribution in [0, 0.1) is 5.41 Å². The average Bonchev–Trinajstić information content (AvgIpc) is 2.65. The number of Topliss-reactive ketones (excluding diaryl/α,β-unsaturated/α-hetero) is 1. The van der Waals surface area contributed by atoms with Gasteiger partial charge in [-0.1, -0.05) is 81.4 Å². The van der Waals surface area contributed by atoms with E-state index in [9.17, 15) is 9.59 Å². The van der Waals surface area contributed by atoms with E-state index in [1.54, 1.807) is 4.90 Å². The van der Waals surface area contributed by atoms with E-state index < -0.39 is 23.1 Å². The predicted molar refractivity (Wildman–Crippen MR) is 116 cm³/mol. The number of carbonyl (C=O) groups excluding carboxylic acids is 2. The zero-order valence-electron chi connectivity index (χ0n) is 18.4. The van der Waals surface area contributed by atoms with Crippen molar-refractivity contribution in [2.24, 2.45) is 5.41 Å². The van der Waals surface area contributed by atoms with Gasteiger partial charge in [0.05, 0.1) is 6.04 Å². The number of benzene rings is 2. The van der Waals surface area contributed by atoms with Gasteiger partial charge < -0.3 is 4.74 Å². The van der Waals surface area contributed by atoms with Crippen LogP contribution >= 0.6 is 0 Å². The molecule has 2 aromatic rings. The van der Waals surface area contributed by atoms with E-state index in [2.05, 4.69) is 0 Å². The topological polar surface area (TPSA) is 46.6 Å². The lowest BCUT2D eigenvalue weighted by atomic mass is 9.84. The maximum Gasteiger partial charge on any atom is 0.411 e. The Hall–Kier alpha value is -2.62. The van der Waals surface area contributed by atoms with Crippen molar-refractivity contribution in [3.05, 3.63) is 71.8 Å². The minimum Gasteiger partial charge on any atom is -0.445 e. The van der Waals surface area contributed by atoms with Gasteiger partial charge in [0, 0.05) is 17.4 Å². The van der Waals surface area contributed by atoms with E-state index in [4.69, 9.17) is 4.74 Å². The van der Waals surface area contributed by atoms with Crippen LogP contribution in [0.1, 0.15) is 65.1 Å². The Balaban J connectivity index is 2.35. The number of nitrogens with zero attached hydrogens (tertiary/aromatic N) is 1. The Morgan fingerprint density at radius 2 is 1.38 bits per heavy atom. The van der Waals surface area contributed by atoms with Gasteiger partial charge in [0.2, 0.25) is 0 Å². The Kier molecular flexibility index (Phi) is 7.23. The van der Waals surface area contributed by atoms with E-state index in [0.717, 1.165) is 11.1 Å². The van der Waals surface area contributed by atoms with Crippen molar-refractivity contribution in [2.45, 2.75) is 66.2 Å². The number of ketones is 1. The van der Waals surface area contributed by atoms with Gasteiger partial charge >= 0.3 is 6.09 Å². The third-order valence-corrected chi connectivity index (χ3v) is 4.84. The second-order valence-corrected chi connectivity index (χ2v) is 9.38. The van der Waals surface area contributed by atoms with Crippen molar-refractivity contribution >= 4 is 11.9 Å². The molecule has 2 rings (SSSR count). The Bertz CT molecular complexity index is 801. The molecule has 0 heterocycles. The molecular weight excluding hydrogens is 362 g/mol. The molecule has 1 amide bonds. The first-order valence-corrected chi connectivity index (χ1v) is 10.1. The van der Waals surface area contributed by atoms with Crippen LogP contribution in [0.5, 0.6) is 0 Å². The predicted octanol–water partition coefficient (Wildman–Crippen LogP) is 6.17. The van der Waals surface area contributed by atoms with Crippen molar-refractivity contribution in [1.29, 1.82) is 0 Å². The van der Waals surface area contributed by atoms with Gasteiger partial charge in [-0.2, -0.15) is 0 Å². The summed E-state index contributed by atoms with van der Waals surface area (Å²) in [5.74, 6) is 0.108.